The van der Waals surface area contributed by atoms with E-state index in [0.717, 1.165) is 24.9 Å². The second kappa shape index (κ2) is 5.36. The van der Waals surface area contributed by atoms with Gasteiger partial charge in [-0.25, -0.2) is 0 Å². The smallest absolute Gasteiger partial charge is 0.126 e. The zero-order valence-electron chi connectivity index (χ0n) is 7.82. The summed E-state index contributed by atoms with van der Waals surface area (Å²) < 4.78 is 5.16. The van der Waals surface area contributed by atoms with Crippen LogP contribution in [0.15, 0.2) is 28.4 Å². The molecule has 0 unspecified atom stereocenters. The van der Waals surface area contributed by atoms with Gasteiger partial charge in [-0.15, -0.1) is 0 Å². The summed E-state index contributed by atoms with van der Waals surface area (Å²) in [6.45, 7) is 2.05. The normalized spacial score (nSPS) is 11.6. The molecule has 13 heavy (non-hydrogen) atoms. The van der Waals surface area contributed by atoms with Gasteiger partial charge in [0.2, 0.25) is 0 Å². The van der Waals surface area contributed by atoms with Crippen LogP contribution in [0.2, 0.25) is 0 Å². The van der Waals surface area contributed by atoms with Crippen molar-refractivity contribution in [3.8, 4) is 0 Å². The van der Waals surface area contributed by atoms with Gasteiger partial charge in [-0.05, 0) is 38.0 Å². The van der Waals surface area contributed by atoms with Crippen molar-refractivity contribution in [1.82, 2.24) is 0 Å². The fraction of sp³-hybridized carbons (Fsp3) is 0.364. The van der Waals surface area contributed by atoms with Crippen LogP contribution in [0.1, 0.15) is 31.9 Å². The maximum absolute atomic E-state index is 10.1. The molecule has 2 heteroatoms. The van der Waals surface area contributed by atoms with Crippen LogP contribution in [0.3, 0.4) is 0 Å². The van der Waals surface area contributed by atoms with Crippen LogP contribution in [-0.4, -0.2) is 6.29 Å². The molecule has 1 aromatic rings. The van der Waals surface area contributed by atoms with Crippen molar-refractivity contribution >= 4 is 12.4 Å². The molecule has 0 aromatic carbocycles. The molecular formula is C11H14O2. The third kappa shape index (κ3) is 3.74. The molecule has 0 N–H and O–H groups in total. The third-order valence-electron chi connectivity index (χ3n) is 1.82. The quantitative estimate of drug-likeness (QED) is 0.512. The molecule has 0 radical (unpaired) electrons. The average molecular weight is 178 g/mol. The minimum atomic E-state index is 0.642. The van der Waals surface area contributed by atoms with E-state index in [2.05, 4.69) is 0 Å². The van der Waals surface area contributed by atoms with E-state index in [1.807, 2.05) is 25.1 Å². The van der Waals surface area contributed by atoms with E-state index in [9.17, 15) is 4.79 Å². The number of hydrogen-bond acceptors (Lipinski definition) is 2. The molecule has 0 bridgehead atoms. The Hall–Kier alpha value is -1.31. The van der Waals surface area contributed by atoms with Crippen molar-refractivity contribution < 1.29 is 9.21 Å². The molecule has 0 aliphatic heterocycles. The van der Waals surface area contributed by atoms with Gasteiger partial charge in [0.05, 0.1) is 6.26 Å². The van der Waals surface area contributed by atoms with Crippen LogP contribution < -0.4 is 0 Å². The first-order valence-corrected chi connectivity index (χ1v) is 4.47. The van der Waals surface area contributed by atoms with Crippen molar-refractivity contribution in [3.05, 3.63) is 29.7 Å². The first-order chi connectivity index (χ1) is 6.33. The molecule has 2 nitrogen and oxygen atoms in total. The molecule has 1 heterocycles. The van der Waals surface area contributed by atoms with E-state index in [0.29, 0.717) is 6.42 Å². The highest BCUT2D eigenvalue weighted by Gasteiger charge is 1.93. The van der Waals surface area contributed by atoms with Gasteiger partial charge in [-0.1, -0.05) is 5.57 Å². The van der Waals surface area contributed by atoms with Crippen LogP contribution in [0.25, 0.3) is 6.08 Å². The SMILES string of the molecule is C/C(=C/c1ccco1)CCCC=O. The highest BCUT2D eigenvalue weighted by atomic mass is 16.3. The monoisotopic (exact) mass is 178 g/mol. The molecule has 0 saturated heterocycles. The fourth-order valence-electron chi connectivity index (χ4n) is 1.15. The first-order valence-electron chi connectivity index (χ1n) is 4.47. The lowest BCUT2D eigenvalue weighted by atomic mass is 10.1. The lowest BCUT2D eigenvalue weighted by molar-refractivity contribution is -0.107. The summed E-state index contributed by atoms with van der Waals surface area (Å²) in [6, 6.07) is 3.79. The van der Waals surface area contributed by atoms with Gasteiger partial charge in [-0.2, -0.15) is 0 Å². The minimum Gasteiger partial charge on any atom is -0.465 e. The van der Waals surface area contributed by atoms with Crippen molar-refractivity contribution in [3.63, 3.8) is 0 Å². The fourth-order valence-corrected chi connectivity index (χ4v) is 1.15. The summed E-state index contributed by atoms with van der Waals surface area (Å²) in [7, 11) is 0. The standard InChI is InChI=1S/C11H14O2/c1-10(5-2-3-7-12)9-11-6-4-8-13-11/h4,6-9H,2-3,5H2,1H3/b10-9-. The van der Waals surface area contributed by atoms with E-state index >= 15 is 0 Å². The largest absolute Gasteiger partial charge is 0.465 e. The van der Waals surface area contributed by atoms with Gasteiger partial charge < -0.3 is 9.21 Å². The lowest BCUT2D eigenvalue weighted by Gasteiger charge is -1.96. The van der Waals surface area contributed by atoms with Crippen LogP contribution in [-0.2, 0) is 4.79 Å². The molecule has 0 spiro atoms. The Morgan fingerprint density at radius 3 is 3.08 bits per heavy atom. The molecule has 0 aliphatic rings. The molecule has 1 aromatic heterocycles. The molecule has 1 rings (SSSR count). The van der Waals surface area contributed by atoms with Crippen molar-refractivity contribution in [2.24, 2.45) is 0 Å². The predicted molar refractivity (Wildman–Crippen MR) is 52.3 cm³/mol. The molecule has 70 valence electrons. The number of rotatable bonds is 5. The van der Waals surface area contributed by atoms with Crippen molar-refractivity contribution in [2.45, 2.75) is 26.2 Å². The summed E-state index contributed by atoms with van der Waals surface area (Å²) >= 11 is 0. The van der Waals surface area contributed by atoms with Gasteiger partial charge in [0.25, 0.3) is 0 Å². The second-order valence-corrected chi connectivity index (χ2v) is 3.07. The average Bonchev–Trinajstić information content (AvgIpc) is 2.57. The van der Waals surface area contributed by atoms with Crippen molar-refractivity contribution in [1.29, 1.82) is 0 Å². The Labute approximate surface area is 78.3 Å². The van der Waals surface area contributed by atoms with Gasteiger partial charge in [0, 0.05) is 6.42 Å². The Balaban J connectivity index is 2.38. The van der Waals surface area contributed by atoms with E-state index < -0.39 is 0 Å². The number of carbonyl (C=O) groups is 1. The number of hydrogen-bond donors (Lipinski definition) is 0. The van der Waals surface area contributed by atoms with Crippen molar-refractivity contribution in [2.75, 3.05) is 0 Å². The second-order valence-electron chi connectivity index (χ2n) is 3.07. The molecule has 0 fully saturated rings. The summed E-state index contributed by atoms with van der Waals surface area (Å²) in [5.74, 6) is 0.878. The Morgan fingerprint density at radius 2 is 2.46 bits per heavy atom. The molecule has 0 amide bonds. The van der Waals surface area contributed by atoms with Crippen LogP contribution >= 0.6 is 0 Å². The van der Waals surface area contributed by atoms with Crippen LogP contribution in [0.5, 0.6) is 0 Å². The van der Waals surface area contributed by atoms with E-state index in [1.54, 1.807) is 6.26 Å². The summed E-state index contributed by atoms with van der Waals surface area (Å²) in [4.78, 5) is 10.1. The summed E-state index contributed by atoms with van der Waals surface area (Å²) in [5.41, 5.74) is 1.25. The molecule has 0 saturated carbocycles. The van der Waals surface area contributed by atoms with Crippen LogP contribution in [0, 0.1) is 0 Å². The molecular weight excluding hydrogens is 164 g/mol. The third-order valence-corrected chi connectivity index (χ3v) is 1.82. The van der Waals surface area contributed by atoms with Gasteiger partial charge in [-0.3, -0.25) is 0 Å². The lowest BCUT2D eigenvalue weighted by Crippen LogP contribution is -1.80. The molecule has 0 atom stereocenters. The zero-order valence-corrected chi connectivity index (χ0v) is 7.82. The van der Waals surface area contributed by atoms with Gasteiger partial charge in [0.15, 0.2) is 0 Å². The maximum Gasteiger partial charge on any atom is 0.126 e. The topological polar surface area (TPSA) is 30.2 Å². The number of carbonyl (C=O) groups excluding carboxylic acids is 1. The number of allylic oxidation sites excluding steroid dienone is 1. The number of furan rings is 1. The zero-order chi connectivity index (χ0) is 9.52. The van der Waals surface area contributed by atoms with Crippen LogP contribution in [0.4, 0.5) is 0 Å². The molecule has 0 aliphatic carbocycles. The summed E-state index contributed by atoms with van der Waals surface area (Å²) in [5, 5.41) is 0. The van der Waals surface area contributed by atoms with Gasteiger partial charge in [0.1, 0.15) is 12.0 Å². The Kier molecular flexibility index (Phi) is 4.03. The van der Waals surface area contributed by atoms with E-state index in [4.69, 9.17) is 4.42 Å². The maximum atomic E-state index is 10.1. The van der Waals surface area contributed by atoms with E-state index in [1.165, 1.54) is 5.57 Å². The summed E-state index contributed by atoms with van der Waals surface area (Å²) in [6.07, 6.45) is 7.14. The van der Waals surface area contributed by atoms with E-state index in [-0.39, 0.29) is 0 Å². The highest BCUT2D eigenvalue weighted by Crippen LogP contribution is 2.11. The first kappa shape index (κ1) is 9.78. The Bertz CT molecular complexity index is 270. The van der Waals surface area contributed by atoms with Gasteiger partial charge >= 0.3 is 0 Å². The Morgan fingerprint density at radius 1 is 1.62 bits per heavy atom. The number of unbranched alkanes of at least 4 members (excludes halogenated alkanes) is 1. The minimum absolute atomic E-state index is 0.642. The number of aldehydes is 1. The highest BCUT2D eigenvalue weighted by molar-refractivity contribution is 5.50. The predicted octanol–water partition coefficient (Wildman–Crippen LogP) is 3.05.